The molecule has 8 heteroatoms. The summed E-state index contributed by atoms with van der Waals surface area (Å²) in [7, 11) is 1.63. The van der Waals surface area contributed by atoms with Crippen LogP contribution >= 0.6 is 11.3 Å². The maximum Gasteiger partial charge on any atom is 0.267 e. The number of pyridine rings is 1. The van der Waals surface area contributed by atoms with Crippen molar-refractivity contribution >= 4 is 49.8 Å². The molecule has 1 amide bonds. The lowest BCUT2D eigenvalue weighted by Crippen LogP contribution is -2.22. The number of aliphatic hydroxyl groups is 1. The van der Waals surface area contributed by atoms with E-state index in [0.717, 1.165) is 50.6 Å². The number of para-hydroxylation sites is 1. The molecule has 0 bridgehead atoms. The van der Waals surface area contributed by atoms with Crippen molar-refractivity contribution in [3.63, 3.8) is 0 Å². The monoisotopic (exact) mass is 503 g/mol. The molecule has 0 aliphatic carbocycles. The first-order valence-electron chi connectivity index (χ1n) is 12.0. The summed E-state index contributed by atoms with van der Waals surface area (Å²) in [5.74, 6) is 0.191. The Bertz CT molecular complexity index is 1480. The van der Waals surface area contributed by atoms with Gasteiger partial charge in [0.05, 0.1) is 23.1 Å². The maximum atomic E-state index is 13.5. The van der Waals surface area contributed by atoms with Gasteiger partial charge in [-0.05, 0) is 55.2 Å². The number of carbonyl (C=O) groups is 2. The summed E-state index contributed by atoms with van der Waals surface area (Å²) >= 11 is 1.33. The van der Waals surface area contributed by atoms with Crippen molar-refractivity contribution in [3.05, 3.63) is 69.6 Å². The van der Waals surface area contributed by atoms with Crippen molar-refractivity contribution in [1.29, 1.82) is 0 Å². The second-order valence-corrected chi connectivity index (χ2v) is 10.4. The molecule has 2 aromatic carbocycles. The lowest BCUT2D eigenvalue weighted by atomic mass is 10.0. The number of fused-ring (bicyclic) bond motifs is 2. The lowest BCUT2D eigenvalue weighted by molar-refractivity contribution is 0.101. The molecule has 0 saturated carbocycles. The molecule has 2 N–H and O–H groups in total. The lowest BCUT2D eigenvalue weighted by Gasteiger charge is -2.17. The van der Waals surface area contributed by atoms with Gasteiger partial charge in [-0.2, -0.15) is 0 Å². The first-order chi connectivity index (χ1) is 17.4. The predicted molar refractivity (Wildman–Crippen MR) is 143 cm³/mol. The molecule has 1 aliphatic heterocycles. The highest BCUT2D eigenvalue weighted by Gasteiger charge is 2.23. The molecule has 4 aromatic rings. The molecule has 36 heavy (non-hydrogen) atoms. The molecule has 1 atom stereocenters. The highest BCUT2D eigenvalue weighted by molar-refractivity contribution is 7.21. The number of nitrogens with one attached hydrogen (secondary N) is 1. The number of thiophene rings is 1. The molecular formula is C28H29N3O4S. The minimum atomic E-state index is -0.295. The van der Waals surface area contributed by atoms with Crippen LogP contribution < -0.4 is 5.32 Å². The van der Waals surface area contributed by atoms with Crippen LogP contribution in [-0.2, 0) is 17.9 Å². The number of Topliss-reactive ketones (excluding diaryl/α,β-unsaturated/α-hetero) is 1. The number of β-amino-alcohol motifs (C(OH)–C–C–N with tert-alkyl or cyclic N) is 1. The number of anilines is 1. The summed E-state index contributed by atoms with van der Waals surface area (Å²) in [5, 5.41) is 14.9. The molecule has 0 spiro atoms. The van der Waals surface area contributed by atoms with Gasteiger partial charge in [0.15, 0.2) is 5.78 Å². The quantitative estimate of drug-likeness (QED) is 0.348. The van der Waals surface area contributed by atoms with Crippen molar-refractivity contribution in [3.8, 4) is 0 Å². The highest BCUT2D eigenvalue weighted by atomic mass is 32.1. The third-order valence-electron chi connectivity index (χ3n) is 6.73. The van der Waals surface area contributed by atoms with Gasteiger partial charge in [0.2, 0.25) is 0 Å². The molecule has 3 heterocycles. The Hall–Kier alpha value is -3.17. The standard InChI is InChI=1S/C28H29N3O4S/c1-16-25-18(15-35-3)8-9-21(17(2)32)27(25)36-26(16)28(34)30-24-12-19(13-31-11-10-20(33)14-31)22-6-4-5-7-23(22)29-24/h4-9,12,20,33H,10-11,13-15H2,1-3H3,(H,29,30,34). The average molecular weight is 504 g/mol. The average Bonchev–Trinajstić information content (AvgIpc) is 3.42. The van der Waals surface area contributed by atoms with Gasteiger partial charge in [0.1, 0.15) is 5.82 Å². The zero-order valence-corrected chi connectivity index (χ0v) is 21.4. The van der Waals surface area contributed by atoms with E-state index < -0.39 is 0 Å². The van der Waals surface area contributed by atoms with Crippen LogP contribution in [0.4, 0.5) is 5.82 Å². The number of aliphatic hydroxyl groups excluding tert-OH is 1. The van der Waals surface area contributed by atoms with Gasteiger partial charge in [-0.15, -0.1) is 11.3 Å². The normalized spacial score (nSPS) is 16.2. The van der Waals surface area contributed by atoms with E-state index in [9.17, 15) is 14.7 Å². The van der Waals surface area contributed by atoms with Crippen molar-refractivity contribution in [1.82, 2.24) is 9.88 Å². The summed E-state index contributed by atoms with van der Waals surface area (Å²) in [4.78, 5) is 33.2. The van der Waals surface area contributed by atoms with Crippen LogP contribution in [0.25, 0.3) is 21.0 Å². The molecule has 1 unspecified atom stereocenters. The molecule has 2 aromatic heterocycles. The SMILES string of the molecule is COCc1ccc(C(C)=O)c2sc(C(=O)Nc3cc(CN4CCC(O)C4)c4ccccc4n3)c(C)c12. The van der Waals surface area contributed by atoms with Gasteiger partial charge < -0.3 is 15.2 Å². The Labute approximate surface area is 213 Å². The van der Waals surface area contributed by atoms with Crippen LogP contribution in [-0.4, -0.2) is 53.0 Å². The van der Waals surface area contributed by atoms with E-state index in [1.54, 1.807) is 14.0 Å². The van der Waals surface area contributed by atoms with E-state index in [4.69, 9.17) is 9.72 Å². The van der Waals surface area contributed by atoms with E-state index in [1.165, 1.54) is 11.3 Å². The van der Waals surface area contributed by atoms with Gasteiger partial charge in [-0.3, -0.25) is 14.5 Å². The predicted octanol–water partition coefficient (Wildman–Crippen LogP) is 4.93. The number of amides is 1. The van der Waals surface area contributed by atoms with Gasteiger partial charge >= 0.3 is 0 Å². The summed E-state index contributed by atoms with van der Waals surface area (Å²) < 4.78 is 6.17. The Morgan fingerprint density at radius 1 is 1.22 bits per heavy atom. The fourth-order valence-electron chi connectivity index (χ4n) is 5.01. The topological polar surface area (TPSA) is 91.8 Å². The Morgan fingerprint density at radius 3 is 2.75 bits per heavy atom. The number of aryl methyl sites for hydroxylation is 1. The molecule has 1 saturated heterocycles. The first-order valence-corrected chi connectivity index (χ1v) is 12.8. The minimum absolute atomic E-state index is 0.0370. The fraction of sp³-hybridized carbons (Fsp3) is 0.321. The third kappa shape index (κ3) is 4.65. The van der Waals surface area contributed by atoms with Crippen LogP contribution in [0, 0.1) is 6.92 Å². The largest absolute Gasteiger partial charge is 0.392 e. The summed E-state index contributed by atoms with van der Waals surface area (Å²) in [6.07, 6.45) is 0.474. The van der Waals surface area contributed by atoms with E-state index in [1.807, 2.05) is 49.4 Å². The van der Waals surface area contributed by atoms with Gasteiger partial charge in [-0.1, -0.05) is 24.3 Å². The number of aromatic nitrogens is 1. The molecule has 7 nitrogen and oxygen atoms in total. The summed E-state index contributed by atoms with van der Waals surface area (Å²) in [5.41, 5.74) is 4.24. The number of ketones is 1. The van der Waals surface area contributed by atoms with Crippen molar-refractivity contribution in [2.75, 3.05) is 25.5 Å². The maximum absolute atomic E-state index is 13.5. The molecule has 5 rings (SSSR count). The van der Waals surface area contributed by atoms with Crippen molar-refractivity contribution in [2.45, 2.75) is 39.5 Å². The van der Waals surface area contributed by atoms with E-state index >= 15 is 0 Å². The number of ether oxygens (including phenoxy) is 1. The van der Waals surface area contributed by atoms with E-state index in [-0.39, 0.29) is 17.8 Å². The fourth-order valence-corrected chi connectivity index (χ4v) is 6.33. The molecule has 0 radical (unpaired) electrons. The Balaban J connectivity index is 1.52. The summed E-state index contributed by atoms with van der Waals surface area (Å²) in [6.45, 7) is 6.00. The number of carbonyl (C=O) groups excluding carboxylic acids is 2. The third-order valence-corrected chi connectivity index (χ3v) is 8.06. The van der Waals surface area contributed by atoms with Crippen molar-refractivity contribution < 1.29 is 19.4 Å². The number of rotatable bonds is 7. The molecular weight excluding hydrogens is 474 g/mol. The smallest absolute Gasteiger partial charge is 0.267 e. The zero-order chi connectivity index (χ0) is 25.4. The Morgan fingerprint density at radius 2 is 2.03 bits per heavy atom. The van der Waals surface area contributed by atoms with Crippen molar-refractivity contribution in [2.24, 2.45) is 0 Å². The number of benzene rings is 2. The van der Waals surface area contributed by atoms with Crippen LogP contribution in [0.2, 0.25) is 0 Å². The summed E-state index contributed by atoms with van der Waals surface area (Å²) in [6, 6.07) is 13.5. The highest BCUT2D eigenvalue weighted by Crippen LogP contribution is 2.37. The number of likely N-dealkylation sites (tertiary alicyclic amines) is 1. The van der Waals surface area contributed by atoms with Gasteiger partial charge in [0.25, 0.3) is 5.91 Å². The molecule has 186 valence electrons. The Kier molecular flexibility index (Phi) is 6.85. The second-order valence-electron chi connectivity index (χ2n) is 9.34. The second kappa shape index (κ2) is 10.1. The van der Waals surface area contributed by atoms with Crippen LogP contribution in [0.3, 0.4) is 0 Å². The number of methoxy groups -OCH3 is 1. The van der Waals surface area contributed by atoms with E-state index in [2.05, 4.69) is 10.2 Å². The van der Waals surface area contributed by atoms with Crippen LogP contribution in [0.1, 0.15) is 50.1 Å². The number of hydrogen-bond acceptors (Lipinski definition) is 7. The number of nitrogens with zero attached hydrogens (tertiary/aromatic N) is 2. The zero-order valence-electron chi connectivity index (χ0n) is 20.6. The molecule has 1 fully saturated rings. The van der Waals surface area contributed by atoms with E-state index in [0.29, 0.717) is 36.0 Å². The van der Waals surface area contributed by atoms with Crippen LogP contribution in [0.15, 0.2) is 42.5 Å². The first kappa shape index (κ1) is 24.5. The number of hydrogen-bond donors (Lipinski definition) is 2. The van der Waals surface area contributed by atoms with Gasteiger partial charge in [0, 0.05) is 47.8 Å². The minimum Gasteiger partial charge on any atom is -0.392 e. The van der Waals surface area contributed by atoms with Crippen LogP contribution in [0.5, 0.6) is 0 Å². The van der Waals surface area contributed by atoms with Gasteiger partial charge in [-0.25, -0.2) is 4.98 Å². The molecule has 1 aliphatic rings.